The van der Waals surface area contributed by atoms with Crippen molar-refractivity contribution in [2.45, 2.75) is 17.2 Å². The van der Waals surface area contributed by atoms with Crippen molar-refractivity contribution in [3.8, 4) is 5.75 Å². The van der Waals surface area contributed by atoms with Gasteiger partial charge in [0.15, 0.2) is 0 Å². The van der Waals surface area contributed by atoms with Crippen LogP contribution in [0.15, 0.2) is 28.4 Å². The third-order valence-corrected chi connectivity index (χ3v) is 3.14. The second-order valence-corrected chi connectivity index (χ2v) is 4.10. The number of methoxy groups -OCH3 is 1. The first-order valence-electron chi connectivity index (χ1n) is 4.69. The van der Waals surface area contributed by atoms with Gasteiger partial charge in [-0.2, -0.15) is 13.2 Å². The maximum absolute atomic E-state index is 12.9. The summed E-state index contributed by atoms with van der Waals surface area (Å²) in [4.78, 5) is 0. The first-order valence-corrected chi connectivity index (χ1v) is 5.81. The smallest absolute Gasteiger partial charge is 0.442 e. The summed E-state index contributed by atoms with van der Waals surface area (Å²) in [5, 5.41) is 6.78. The Balaban J connectivity index is 2.51. The molecule has 0 N–H and O–H groups in total. The van der Waals surface area contributed by atoms with Gasteiger partial charge in [-0.15, -0.1) is 10.2 Å². The van der Waals surface area contributed by atoms with Crippen molar-refractivity contribution in [3.05, 3.63) is 29.3 Å². The largest absolute Gasteiger partial charge is 0.496 e. The van der Waals surface area contributed by atoms with Gasteiger partial charge in [0.25, 0.3) is 0 Å². The molecule has 0 bridgehead atoms. The zero-order valence-corrected chi connectivity index (χ0v) is 10.3. The van der Waals surface area contributed by atoms with Crippen molar-refractivity contribution < 1.29 is 17.9 Å². The molecule has 0 atom stereocenters. The van der Waals surface area contributed by atoms with E-state index in [0.29, 0.717) is 10.9 Å². The van der Waals surface area contributed by atoms with E-state index in [4.69, 9.17) is 4.74 Å². The standard InChI is InChI=1S/C10H8BrF3N2O/c1-17-8-3-2-6(5-11)4-7(8)9(15-16-9)10(12,13)14/h2-4H,5H2,1H3. The van der Waals surface area contributed by atoms with E-state index in [1.54, 1.807) is 6.07 Å². The molecule has 0 unspecified atom stereocenters. The van der Waals surface area contributed by atoms with Crippen LogP contribution >= 0.6 is 15.9 Å². The van der Waals surface area contributed by atoms with E-state index < -0.39 is 11.8 Å². The molecule has 2 rings (SSSR count). The Labute approximate surface area is 104 Å². The van der Waals surface area contributed by atoms with Crippen LogP contribution in [0.3, 0.4) is 0 Å². The van der Waals surface area contributed by atoms with Crippen molar-refractivity contribution in [1.29, 1.82) is 0 Å². The third-order valence-electron chi connectivity index (χ3n) is 2.49. The Morgan fingerprint density at radius 3 is 2.41 bits per heavy atom. The van der Waals surface area contributed by atoms with E-state index in [9.17, 15) is 13.2 Å². The van der Waals surface area contributed by atoms with Gasteiger partial charge in [-0.05, 0) is 17.7 Å². The minimum Gasteiger partial charge on any atom is -0.496 e. The van der Waals surface area contributed by atoms with E-state index in [1.807, 2.05) is 0 Å². The molecule has 1 heterocycles. The van der Waals surface area contributed by atoms with Gasteiger partial charge in [-0.25, -0.2) is 0 Å². The molecule has 1 aromatic carbocycles. The SMILES string of the molecule is COc1ccc(CBr)cc1C1(C(F)(F)F)N=N1. The van der Waals surface area contributed by atoms with Crippen molar-refractivity contribution in [2.75, 3.05) is 7.11 Å². The predicted octanol–water partition coefficient (Wildman–Crippen LogP) is 3.77. The summed E-state index contributed by atoms with van der Waals surface area (Å²) < 4.78 is 43.6. The molecule has 0 fully saturated rings. The summed E-state index contributed by atoms with van der Waals surface area (Å²) in [6.07, 6.45) is -4.54. The molecule has 17 heavy (non-hydrogen) atoms. The van der Waals surface area contributed by atoms with E-state index in [1.165, 1.54) is 19.2 Å². The van der Waals surface area contributed by atoms with Gasteiger partial charge < -0.3 is 4.74 Å². The average Bonchev–Trinajstić information content (AvgIpc) is 3.08. The molecule has 1 aliphatic rings. The van der Waals surface area contributed by atoms with Crippen molar-refractivity contribution in [1.82, 2.24) is 0 Å². The summed E-state index contributed by atoms with van der Waals surface area (Å²) in [5.74, 6) is 0.136. The zero-order chi connectivity index (χ0) is 12.7. The zero-order valence-electron chi connectivity index (χ0n) is 8.75. The topological polar surface area (TPSA) is 34.0 Å². The maximum Gasteiger partial charge on any atom is 0.442 e. The first-order chi connectivity index (χ1) is 7.94. The van der Waals surface area contributed by atoms with Crippen LogP contribution in [0, 0.1) is 0 Å². The van der Waals surface area contributed by atoms with E-state index >= 15 is 0 Å². The van der Waals surface area contributed by atoms with Gasteiger partial charge >= 0.3 is 11.8 Å². The van der Waals surface area contributed by atoms with Gasteiger partial charge in [0, 0.05) is 5.33 Å². The number of benzene rings is 1. The lowest BCUT2D eigenvalue weighted by atomic mass is 9.99. The maximum atomic E-state index is 12.9. The molecule has 0 aliphatic carbocycles. The Morgan fingerprint density at radius 1 is 1.35 bits per heavy atom. The summed E-state index contributed by atoms with van der Waals surface area (Å²) in [6, 6.07) is 4.58. The highest BCUT2D eigenvalue weighted by Gasteiger charge is 2.66. The third kappa shape index (κ3) is 1.92. The van der Waals surface area contributed by atoms with Crippen molar-refractivity contribution in [3.63, 3.8) is 0 Å². The van der Waals surface area contributed by atoms with Gasteiger partial charge in [-0.3, -0.25) is 0 Å². The monoisotopic (exact) mass is 308 g/mol. The summed E-state index contributed by atoms with van der Waals surface area (Å²) in [7, 11) is 1.32. The number of hydrogen-bond acceptors (Lipinski definition) is 3. The molecule has 1 aromatic rings. The lowest BCUT2D eigenvalue weighted by molar-refractivity contribution is -0.166. The molecule has 0 spiro atoms. The molecule has 7 heteroatoms. The number of rotatable bonds is 3. The highest BCUT2D eigenvalue weighted by molar-refractivity contribution is 9.08. The first kappa shape index (κ1) is 12.3. The Bertz CT molecular complexity index is 467. The molecule has 0 saturated heterocycles. The molecular weight excluding hydrogens is 301 g/mol. The van der Waals surface area contributed by atoms with Gasteiger partial charge in [0.1, 0.15) is 5.75 Å². The molecule has 1 aliphatic heterocycles. The van der Waals surface area contributed by atoms with Crippen LogP contribution in [-0.4, -0.2) is 13.3 Å². The molecule has 3 nitrogen and oxygen atoms in total. The molecule has 92 valence electrons. The number of halogens is 4. The van der Waals surface area contributed by atoms with E-state index in [2.05, 4.69) is 26.2 Å². The lowest BCUT2D eigenvalue weighted by Gasteiger charge is -2.18. The molecular formula is C10H8BrF3N2O. The molecule has 0 radical (unpaired) electrons. The lowest BCUT2D eigenvalue weighted by Crippen LogP contribution is -2.30. The van der Waals surface area contributed by atoms with Crippen LogP contribution in [0.2, 0.25) is 0 Å². The number of nitrogens with zero attached hydrogens (tertiary/aromatic N) is 2. The fraction of sp³-hybridized carbons (Fsp3) is 0.400. The Morgan fingerprint density at radius 2 is 2.00 bits per heavy atom. The van der Waals surface area contributed by atoms with Gasteiger partial charge in [0.2, 0.25) is 0 Å². The predicted molar refractivity (Wildman–Crippen MR) is 58.2 cm³/mol. The van der Waals surface area contributed by atoms with E-state index in [-0.39, 0.29) is 11.3 Å². The quantitative estimate of drug-likeness (QED) is 0.783. The second kappa shape index (κ2) is 3.97. The van der Waals surface area contributed by atoms with Crippen LogP contribution in [0.1, 0.15) is 11.1 Å². The van der Waals surface area contributed by atoms with E-state index in [0.717, 1.165) is 0 Å². The number of ether oxygens (including phenoxy) is 1. The van der Waals surface area contributed by atoms with Crippen molar-refractivity contribution >= 4 is 15.9 Å². The van der Waals surface area contributed by atoms with Crippen LogP contribution in [0.5, 0.6) is 5.75 Å². The fourth-order valence-corrected chi connectivity index (χ4v) is 1.88. The molecule has 0 aromatic heterocycles. The summed E-state index contributed by atoms with van der Waals surface area (Å²) in [6.45, 7) is 0. The minimum atomic E-state index is -4.54. The van der Waals surface area contributed by atoms with Gasteiger partial charge in [0.05, 0.1) is 12.7 Å². The van der Waals surface area contributed by atoms with Crippen LogP contribution in [-0.2, 0) is 11.0 Å². The van der Waals surface area contributed by atoms with Gasteiger partial charge in [-0.1, -0.05) is 22.0 Å². The van der Waals surface area contributed by atoms with Crippen LogP contribution < -0.4 is 4.74 Å². The Kier molecular flexibility index (Phi) is 2.89. The Hall–Kier alpha value is -1.11. The molecule has 0 amide bonds. The highest BCUT2D eigenvalue weighted by Crippen LogP contribution is 2.54. The minimum absolute atomic E-state index is 0.0653. The fourth-order valence-electron chi connectivity index (χ4n) is 1.53. The summed E-state index contributed by atoms with van der Waals surface area (Å²) in [5.41, 5.74) is -1.79. The summed E-state index contributed by atoms with van der Waals surface area (Å²) >= 11 is 3.19. The molecule has 0 saturated carbocycles. The van der Waals surface area contributed by atoms with Crippen LogP contribution in [0.4, 0.5) is 13.2 Å². The number of hydrogen-bond donors (Lipinski definition) is 0. The van der Waals surface area contributed by atoms with Crippen molar-refractivity contribution in [2.24, 2.45) is 10.2 Å². The average molecular weight is 309 g/mol. The number of alkyl halides is 4. The second-order valence-electron chi connectivity index (χ2n) is 3.54. The van der Waals surface area contributed by atoms with Crippen LogP contribution in [0.25, 0.3) is 0 Å². The normalized spacial score (nSPS) is 17.0. The highest BCUT2D eigenvalue weighted by atomic mass is 79.9.